The second-order valence-corrected chi connectivity index (χ2v) is 21.7. The maximum Gasteiger partial charge on any atom is 0.244 e. The van der Waals surface area contributed by atoms with Crippen LogP contribution in [0.25, 0.3) is 0 Å². The molecular formula is C52H91N17O11S3. The number of phenols is 1. The zero-order chi connectivity index (χ0) is 62.3. The number of thiol groups is 2. The van der Waals surface area contributed by atoms with Gasteiger partial charge in [0.1, 0.15) is 42.0 Å². The number of carbonyl (C=O) groups is 10. The van der Waals surface area contributed by atoms with Crippen molar-refractivity contribution in [2.75, 3.05) is 62.8 Å². The van der Waals surface area contributed by atoms with Gasteiger partial charge in [-0.25, -0.2) is 0 Å². The summed E-state index contributed by atoms with van der Waals surface area (Å²) in [6.07, 6.45) is 5.87. The van der Waals surface area contributed by atoms with E-state index in [1.165, 1.54) is 30.8 Å². The number of phenolic OH excluding ortho intramolecular Hbond substituents is 1. The Morgan fingerprint density at radius 2 is 1.05 bits per heavy atom. The number of unbranched alkanes of at least 4 members (excludes halogenated alkanes) is 3. The smallest absolute Gasteiger partial charge is 0.244 e. The molecule has 0 aliphatic heterocycles. The molecule has 0 bridgehead atoms. The lowest BCUT2D eigenvalue weighted by Crippen LogP contribution is -2.58. The van der Waals surface area contributed by atoms with E-state index < -0.39 is 102 Å². The lowest BCUT2D eigenvalue weighted by molar-refractivity contribution is -0.134. The highest BCUT2D eigenvalue weighted by atomic mass is 32.2. The van der Waals surface area contributed by atoms with Gasteiger partial charge in [0.25, 0.3) is 0 Å². The van der Waals surface area contributed by atoms with Crippen LogP contribution in [-0.2, 0) is 54.4 Å². The Morgan fingerprint density at radius 1 is 0.530 bits per heavy atom. The van der Waals surface area contributed by atoms with Gasteiger partial charge in [-0.05, 0) is 113 Å². The predicted octanol–water partition coefficient (Wildman–Crippen LogP) is -3.24. The van der Waals surface area contributed by atoms with E-state index in [1.807, 2.05) is 20.1 Å². The first-order valence-electron chi connectivity index (χ1n) is 27.6. The second kappa shape index (κ2) is 43.0. The third-order valence-electron chi connectivity index (χ3n) is 12.3. The summed E-state index contributed by atoms with van der Waals surface area (Å²) in [5, 5.41) is 36.8. The average Bonchev–Trinajstić information content (AvgIpc) is 3.44. The Balaban J connectivity index is 3.03. The number of thioether (sulfide) groups is 1. The summed E-state index contributed by atoms with van der Waals surface area (Å²) in [5.41, 5.74) is 27.5. The molecule has 83 heavy (non-hydrogen) atoms. The van der Waals surface area contributed by atoms with E-state index >= 15 is 0 Å². The summed E-state index contributed by atoms with van der Waals surface area (Å²) in [5.74, 6) is -5.76. The zero-order valence-electron chi connectivity index (χ0n) is 48.1. The summed E-state index contributed by atoms with van der Waals surface area (Å²) < 4.78 is 0. The van der Waals surface area contributed by atoms with E-state index in [4.69, 9.17) is 28.7 Å². The minimum absolute atomic E-state index is 0.00374. The standard InChI is InChI=1S/C52H91N17O11S3/c1-31(2)26-37(69-49(79)36(19-25-83-4)67-50(80)40(30-82)66-42(72)14-6-8-23-61-51(54)55)47(77)63-28-43(73)65-35(12-11-24-62-52(56)57)48(78)64-32(3)45(75)68-38(27-33-15-17-34(70)18-16-33)46(76)60-22-7-5-13-41(71)59-21-10-9-20-58-39(29-81)44(53)74/h15-18,31-32,35-40,58,70,81-82H,5-14,19-30H2,1-4H3,(H2,53,74)(H,59,71)(H,60,76)(H,63,77)(H,64,78)(H,65,73)(H,66,72)(H,67,80)(H,68,75)(H,69,79)(H4,54,55,61)(H4,56,57,62)/t32-,35-,36-,37-,38-,39-,40-/m0/s1. The second-order valence-electron chi connectivity index (χ2n) is 19.9. The molecule has 0 fully saturated rings. The molecule has 1 rings (SSSR count). The molecule has 0 radical (unpaired) electrons. The molecule has 0 aliphatic carbocycles. The third kappa shape index (κ3) is 34.5. The van der Waals surface area contributed by atoms with E-state index in [-0.39, 0.29) is 99.0 Å². The molecule has 0 saturated heterocycles. The Labute approximate surface area is 501 Å². The van der Waals surface area contributed by atoms with Crippen molar-refractivity contribution in [2.24, 2.45) is 44.6 Å². The van der Waals surface area contributed by atoms with Gasteiger partial charge in [0.15, 0.2) is 11.9 Å². The van der Waals surface area contributed by atoms with Gasteiger partial charge in [-0.15, -0.1) is 0 Å². The van der Waals surface area contributed by atoms with Crippen molar-refractivity contribution in [3.05, 3.63) is 29.8 Å². The van der Waals surface area contributed by atoms with Crippen LogP contribution in [0, 0.1) is 5.92 Å². The Morgan fingerprint density at radius 3 is 1.66 bits per heavy atom. The number of rotatable bonds is 44. The fraction of sp³-hybridized carbons (Fsp3) is 0.654. The van der Waals surface area contributed by atoms with Crippen LogP contribution in [0.15, 0.2) is 34.3 Å². The van der Waals surface area contributed by atoms with Gasteiger partial charge in [-0.2, -0.15) is 37.0 Å². The van der Waals surface area contributed by atoms with Crippen LogP contribution in [0.4, 0.5) is 0 Å². The molecule has 28 nitrogen and oxygen atoms in total. The summed E-state index contributed by atoms with van der Waals surface area (Å²) in [6, 6.07) is -1.54. The molecule has 1 aromatic carbocycles. The van der Waals surface area contributed by atoms with Crippen molar-refractivity contribution < 1.29 is 53.1 Å². The normalized spacial score (nSPS) is 13.4. The first-order chi connectivity index (χ1) is 39.4. The largest absolute Gasteiger partial charge is 0.508 e. The number of aliphatic imine (C=N–C) groups is 2. The molecule has 0 saturated carbocycles. The molecule has 0 aromatic heterocycles. The molecule has 0 unspecified atom stereocenters. The molecule has 468 valence electrons. The Hall–Kier alpha value is -6.73. The van der Waals surface area contributed by atoms with Gasteiger partial charge >= 0.3 is 0 Å². The Kier molecular flexibility index (Phi) is 38.5. The molecule has 1 aromatic rings. The highest BCUT2D eigenvalue weighted by Gasteiger charge is 2.31. The summed E-state index contributed by atoms with van der Waals surface area (Å²) >= 11 is 9.75. The summed E-state index contributed by atoms with van der Waals surface area (Å²) in [6.45, 7) is 5.96. The first kappa shape index (κ1) is 74.3. The molecule has 0 spiro atoms. The number of benzene rings is 1. The minimum atomic E-state index is -1.28. The monoisotopic (exact) mass is 1230 g/mol. The van der Waals surface area contributed by atoms with E-state index in [0.29, 0.717) is 69.5 Å². The number of nitrogens with two attached hydrogens (primary N) is 5. The quantitative estimate of drug-likeness (QED) is 0.0132. The molecule has 10 amide bonds. The minimum Gasteiger partial charge on any atom is -0.508 e. The van der Waals surface area contributed by atoms with Crippen molar-refractivity contribution in [3.63, 3.8) is 0 Å². The highest BCUT2D eigenvalue weighted by molar-refractivity contribution is 7.98. The van der Waals surface area contributed by atoms with Gasteiger partial charge in [0.2, 0.25) is 59.1 Å². The fourth-order valence-electron chi connectivity index (χ4n) is 7.72. The number of primary amides is 1. The summed E-state index contributed by atoms with van der Waals surface area (Å²) in [7, 11) is 0. The van der Waals surface area contributed by atoms with E-state index in [2.05, 4.69) is 88.4 Å². The lowest BCUT2D eigenvalue weighted by Gasteiger charge is -2.26. The van der Waals surface area contributed by atoms with E-state index in [0.717, 1.165) is 0 Å². The van der Waals surface area contributed by atoms with Gasteiger partial charge in [-0.3, -0.25) is 57.9 Å². The third-order valence-corrected chi connectivity index (χ3v) is 13.7. The number of amides is 10. The van der Waals surface area contributed by atoms with Crippen molar-refractivity contribution >= 4 is 108 Å². The molecule has 31 heteroatoms. The maximum atomic E-state index is 13.8. The average molecular weight is 1230 g/mol. The van der Waals surface area contributed by atoms with Crippen LogP contribution in [0.1, 0.15) is 103 Å². The molecule has 0 heterocycles. The maximum absolute atomic E-state index is 13.8. The van der Waals surface area contributed by atoms with Crippen LogP contribution in [-0.4, -0.2) is 181 Å². The number of aromatic hydroxyl groups is 1. The number of nitrogens with zero attached hydrogens (tertiary/aromatic N) is 2. The van der Waals surface area contributed by atoms with Crippen molar-refractivity contribution in [3.8, 4) is 5.75 Å². The topological polar surface area (TPSA) is 466 Å². The van der Waals surface area contributed by atoms with Crippen LogP contribution < -0.4 is 81.8 Å². The van der Waals surface area contributed by atoms with Crippen LogP contribution >= 0.6 is 37.0 Å². The van der Waals surface area contributed by atoms with Gasteiger partial charge in [0.05, 0.1) is 12.6 Å². The van der Waals surface area contributed by atoms with Gasteiger partial charge < -0.3 is 86.9 Å². The predicted molar refractivity (Wildman–Crippen MR) is 327 cm³/mol. The van der Waals surface area contributed by atoms with E-state index in [9.17, 15) is 53.1 Å². The number of carbonyl (C=O) groups excluding carboxylic acids is 10. The van der Waals surface area contributed by atoms with Crippen LogP contribution in [0.3, 0.4) is 0 Å². The molecular weight excluding hydrogens is 1130 g/mol. The molecule has 21 N–H and O–H groups in total. The zero-order valence-corrected chi connectivity index (χ0v) is 50.7. The highest BCUT2D eigenvalue weighted by Crippen LogP contribution is 2.13. The number of guanidine groups is 2. The fourth-order valence-corrected chi connectivity index (χ4v) is 8.76. The van der Waals surface area contributed by atoms with Crippen LogP contribution in [0.5, 0.6) is 5.75 Å². The first-order valence-corrected chi connectivity index (χ1v) is 30.3. The molecule has 0 aliphatic rings. The number of hydrogen-bond donors (Lipinski definition) is 18. The van der Waals surface area contributed by atoms with Gasteiger partial charge in [-0.1, -0.05) is 26.0 Å². The van der Waals surface area contributed by atoms with Crippen molar-refractivity contribution in [2.45, 2.75) is 147 Å². The Bertz CT molecular complexity index is 2280. The molecule has 7 atom stereocenters. The van der Waals surface area contributed by atoms with Gasteiger partial charge in [0, 0.05) is 56.9 Å². The van der Waals surface area contributed by atoms with E-state index in [1.54, 1.807) is 12.1 Å². The SMILES string of the molecule is CSCC[C@H](NC(=O)[C@H](CS)NC(=O)CCCCN=C(N)N)C(=O)N[C@@H](CC(C)C)C(=O)NCC(=O)N[C@@H](CCCN=C(N)N)C(=O)N[C@@H](C)C(=O)N[C@@H](Cc1ccc(O)cc1)C(=O)NCCCCC(=O)NCCCCN[C@@H](CS)C(N)=O. The van der Waals surface area contributed by atoms with Crippen LogP contribution in [0.2, 0.25) is 0 Å². The summed E-state index contributed by atoms with van der Waals surface area (Å²) in [4.78, 5) is 140. The van der Waals surface area contributed by atoms with Crippen molar-refractivity contribution in [1.82, 2.24) is 53.2 Å². The number of hydrogen-bond acceptors (Lipinski definition) is 17. The van der Waals surface area contributed by atoms with Crippen molar-refractivity contribution in [1.29, 1.82) is 0 Å². The number of nitrogens with one attached hydrogen (secondary N) is 10. The lowest BCUT2D eigenvalue weighted by atomic mass is 10.0.